The molecule has 1 atom stereocenters. The quantitative estimate of drug-likeness (QED) is 0.533. The minimum absolute atomic E-state index is 0.0777. The Labute approximate surface area is 145 Å². The molecule has 0 aliphatic heterocycles. The number of nitrogens with one attached hydrogen (secondary N) is 2. The van der Waals surface area contributed by atoms with E-state index in [1.165, 1.54) is 36.7 Å². The fourth-order valence-corrected chi connectivity index (χ4v) is 3.93. The van der Waals surface area contributed by atoms with Crippen LogP contribution in [0.3, 0.4) is 0 Å². The Morgan fingerprint density at radius 1 is 1.04 bits per heavy atom. The highest BCUT2D eigenvalue weighted by molar-refractivity contribution is 7.92. The number of sulfone groups is 1. The molecule has 8 heteroatoms. The van der Waals surface area contributed by atoms with Crippen LogP contribution in [0.1, 0.15) is 12.5 Å². The predicted molar refractivity (Wildman–Crippen MR) is 91.8 cm³/mol. The van der Waals surface area contributed by atoms with Gasteiger partial charge in [-0.25, -0.2) is 13.9 Å². The Kier molecular flexibility index (Phi) is 5.89. The Bertz CT molecular complexity index is 848. The second-order valence-electron chi connectivity index (χ2n) is 5.40. The van der Waals surface area contributed by atoms with E-state index in [4.69, 9.17) is 5.21 Å². The fourth-order valence-electron chi connectivity index (χ4n) is 2.34. The number of anilines is 1. The molecule has 25 heavy (non-hydrogen) atoms. The molecule has 0 aliphatic rings. The largest absolute Gasteiger partial charge is 0.326 e. The summed E-state index contributed by atoms with van der Waals surface area (Å²) >= 11 is 0. The molecule has 3 N–H and O–H groups in total. The molecule has 0 spiro atoms. The molecule has 1 unspecified atom stereocenters. The van der Waals surface area contributed by atoms with Gasteiger partial charge in [-0.1, -0.05) is 30.3 Å². The molecule has 7 nitrogen and oxygen atoms in total. The number of carbonyl (C=O) groups is 2. The van der Waals surface area contributed by atoms with Crippen LogP contribution >= 0.6 is 0 Å². The molecule has 0 bridgehead atoms. The SMILES string of the molecule is CC(=O)Nc1ccc(S(=O)(=O)C(Cc2ccccc2)C(=O)NO)cc1. The van der Waals surface area contributed by atoms with Crippen molar-refractivity contribution >= 4 is 27.3 Å². The molecule has 0 radical (unpaired) electrons. The zero-order chi connectivity index (χ0) is 18.4. The molecule has 0 aliphatic carbocycles. The van der Waals surface area contributed by atoms with E-state index in [2.05, 4.69) is 5.32 Å². The molecule has 0 fully saturated rings. The van der Waals surface area contributed by atoms with E-state index in [9.17, 15) is 18.0 Å². The molecule has 2 amide bonds. The maximum atomic E-state index is 12.8. The van der Waals surface area contributed by atoms with Gasteiger partial charge in [-0.3, -0.25) is 14.8 Å². The van der Waals surface area contributed by atoms with Crippen molar-refractivity contribution in [3.05, 3.63) is 60.2 Å². The standard InChI is InChI=1S/C17H18N2O5S/c1-12(20)18-14-7-9-15(10-8-14)25(23,24)16(17(21)19-22)11-13-5-3-2-4-6-13/h2-10,16,22H,11H2,1H3,(H,18,20)(H,19,21). The van der Waals surface area contributed by atoms with Gasteiger partial charge in [-0.15, -0.1) is 0 Å². The summed E-state index contributed by atoms with van der Waals surface area (Å²) in [6, 6.07) is 14.1. The second-order valence-corrected chi connectivity index (χ2v) is 7.54. The summed E-state index contributed by atoms with van der Waals surface area (Å²) in [4.78, 5) is 22.9. The molecule has 132 valence electrons. The number of benzene rings is 2. The Morgan fingerprint density at radius 3 is 2.16 bits per heavy atom. The van der Waals surface area contributed by atoms with Crippen LogP contribution in [0.2, 0.25) is 0 Å². The summed E-state index contributed by atoms with van der Waals surface area (Å²) < 4.78 is 25.6. The number of hydrogen-bond acceptors (Lipinski definition) is 5. The molecular formula is C17H18N2O5S. The van der Waals surface area contributed by atoms with Gasteiger partial charge in [0.1, 0.15) is 0 Å². The second kappa shape index (κ2) is 7.91. The van der Waals surface area contributed by atoms with Gasteiger partial charge >= 0.3 is 0 Å². The van der Waals surface area contributed by atoms with E-state index in [0.29, 0.717) is 11.3 Å². The highest BCUT2D eigenvalue weighted by Gasteiger charge is 2.34. The topological polar surface area (TPSA) is 113 Å². The van der Waals surface area contributed by atoms with Gasteiger partial charge < -0.3 is 5.32 Å². The monoisotopic (exact) mass is 362 g/mol. The van der Waals surface area contributed by atoms with Crippen molar-refractivity contribution in [1.82, 2.24) is 5.48 Å². The normalized spacial score (nSPS) is 12.2. The molecule has 0 saturated heterocycles. The molecular weight excluding hydrogens is 344 g/mol. The molecule has 0 saturated carbocycles. The van der Waals surface area contributed by atoms with E-state index in [0.717, 1.165) is 0 Å². The maximum absolute atomic E-state index is 12.8. The average molecular weight is 362 g/mol. The zero-order valence-corrected chi connectivity index (χ0v) is 14.3. The lowest BCUT2D eigenvalue weighted by Gasteiger charge is -2.16. The molecule has 2 rings (SSSR count). The Hall–Kier alpha value is -2.71. The average Bonchev–Trinajstić information content (AvgIpc) is 2.59. The van der Waals surface area contributed by atoms with Crippen LogP contribution in [-0.2, 0) is 25.8 Å². The van der Waals surface area contributed by atoms with Crippen molar-refractivity contribution in [1.29, 1.82) is 0 Å². The number of carbonyl (C=O) groups excluding carboxylic acids is 2. The van der Waals surface area contributed by atoms with Crippen molar-refractivity contribution in [3.63, 3.8) is 0 Å². The summed E-state index contributed by atoms with van der Waals surface area (Å²) in [5.74, 6) is -1.29. The number of rotatable bonds is 6. The van der Waals surface area contributed by atoms with Gasteiger partial charge in [0.2, 0.25) is 5.91 Å². The van der Waals surface area contributed by atoms with Gasteiger partial charge in [-0.05, 0) is 36.2 Å². The lowest BCUT2D eigenvalue weighted by atomic mass is 10.1. The van der Waals surface area contributed by atoms with Gasteiger partial charge in [0, 0.05) is 12.6 Å². The van der Waals surface area contributed by atoms with Crippen LogP contribution in [0.4, 0.5) is 5.69 Å². The smallest absolute Gasteiger partial charge is 0.262 e. The van der Waals surface area contributed by atoms with Crippen molar-refractivity contribution in [2.75, 3.05) is 5.32 Å². The van der Waals surface area contributed by atoms with E-state index >= 15 is 0 Å². The number of hydrogen-bond donors (Lipinski definition) is 3. The minimum Gasteiger partial charge on any atom is -0.326 e. The first kappa shape index (κ1) is 18.6. The van der Waals surface area contributed by atoms with E-state index in [1.807, 2.05) is 0 Å². The predicted octanol–water partition coefficient (Wildman–Crippen LogP) is 1.54. The maximum Gasteiger partial charge on any atom is 0.262 e. The van der Waals surface area contributed by atoms with Gasteiger partial charge in [0.05, 0.1) is 4.90 Å². The third kappa shape index (κ3) is 4.65. The number of hydroxylamine groups is 1. The lowest BCUT2D eigenvalue weighted by Crippen LogP contribution is -2.40. The van der Waals surface area contributed by atoms with Gasteiger partial charge in [0.15, 0.2) is 15.1 Å². The summed E-state index contributed by atoms with van der Waals surface area (Å²) in [6.07, 6.45) is -0.0803. The molecule has 2 aromatic carbocycles. The minimum atomic E-state index is -4.04. The Balaban J connectivity index is 2.34. The first-order valence-electron chi connectivity index (χ1n) is 7.44. The van der Waals surface area contributed by atoms with Crippen molar-refractivity contribution in [2.45, 2.75) is 23.5 Å². The Morgan fingerprint density at radius 2 is 1.64 bits per heavy atom. The summed E-state index contributed by atoms with van der Waals surface area (Å²) in [5.41, 5.74) is 2.51. The summed E-state index contributed by atoms with van der Waals surface area (Å²) in [6.45, 7) is 1.34. The van der Waals surface area contributed by atoms with Crippen LogP contribution in [0, 0.1) is 0 Å². The van der Waals surface area contributed by atoms with E-state index in [1.54, 1.807) is 30.3 Å². The zero-order valence-electron chi connectivity index (χ0n) is 13.5. The van der Waals surface area contributed by atoms with E-state index < -0.39 is 21.0 Å². The first-order valence-corrected chi connectivity index (χ1v) is 8.98. The summed E-state index contributed by atoms with van der Waals surface area (Å²) in [5, 5.41) is 9.98. The van der Waals surface area contributed by atoms with E-state index in [-0.39, 0.29) is 17.2 Å². The molecule has 0 heterocycles. The lowest BCUT2D eigenvalue weighted by molar-refractivity contribution is -0.128. The van der Waals surface area contributed by atoms with Crippen LogP contribution in [-0.4, -0.2) is 30.7 Å². The highest BCUT2D eigenvalue weighted by Crippen LogP contribution is 2.22. The van der Waals surface area contributed by atoms with Crippen LogP contribution in [0.5, 0.6) is 0 Å². The van der Waals surface area contributed by atoms with Crippen LogP contribution < -0.4 is 10.8 Å². The highest BCUT2D eigenvalue weighted by atomic mass is 32.2. The summed E-state index contributed by atoms with van der Waals surface area (Å²) in [7, 11) is -4.04. The van der Waals surface area contributed by atoms with Gasteiger partial charge in [0.25, 0.3) is 5.91 Å². The fraction of sp³-hybridized carbons (Fsp3) is 0.176. The van der Waals surface area contributed by atoms with Gasteiger partial charge in [-0.2, -0.15) is 0 Å². The number of amides is 2. The van der Waals surface area contributed by atoms with Crippen LogP contribution in [0.25, 0.3) is 0 Å². The molecule has 2 aromatic rings. The van der Waals surface area contributed by atoms with Crippen molar-refractivity contribution in [2.24, 2.45) is 0 Å². The third-order valence-corrected chi connectivity index (χ3v) is 5.60. The molecule has 0 aromatic heterocycles. The third-order valence-electron chi connectivity index (χ3n) is 3.54. The first-order chi connectivity index (χ1) is 11.8. The van der Waals surface area contributed by atoms with Crippen molar-refractivity contribution < 1.29 is 23.2 Å². The van der Waals surface area contributed by atoms with Crippen molar-refractivity contribution in [3.8, 4) is 0 Å². The van der Waals surface area contributed by atoms with Crippen LogP contribution in [0.15, 0.2) is 59.5 Å².